The average Bonchev–Trinajstić information content (AvgIpc) is 2.86. The fraction of sp³-hybridized carbons (Fsp3) is 0.429. The summed E-state index contributed by atoms with van der Waals surface area (Å²) < 4.78 is 0. The molecule has 110 valence electrons. The summed E-state index contributed by atoms with van der Waals surface area (Å²) in [5.74, 6) is -0.112. The van der Waals surface area contributed by atoms with Gasteiger partial charge < -0.3 is 15.5 Å². The summed E-state index contributed by atoms with van der Waals surface area (Å²) in [6, 6.07) is 6.47. The molecule has 1 aliphatic rings. The third-order valence-electron chi connectivity index (χ3n) is 3.40. The van der Waals surface area contributed by atoms with Crippen LogP contribution in [0.4, 0.5) is 5.69 Å². The van der Waals surface area contributed by atoms with E-state index >= 15 is 0 Å². The van der Waals surface area contributed by atoms with E-state index < -0.39 is 0 Å². The number of rotatable bonds is 2. The number of carbonyl (C=O) groups is 2. The van der Waals surface area contributed by atoms with Gasteiger partial charge in [-0.2, -0.15) is 0 Å². The SMILES string of the molecule is CN(C)C(=O)C1CCCN1C(=O)c1ccc(N)cc1.Cl. The number of hydrogen-bond acceptors (Lipinski definition) is 3. The molecule has 0 spiro atoms. The molecular weight excluding hydrogens is 278 g/mol. The molecule has 1 aromatic carbocycles. The Hall–Kier alpha value is -1.75. The van der Waals surface area contributed by atoms with Crippen molar-refractivity contribution >= 4 is 29.9 Å². The number of nitrogens with zero attached hydrogens (tertiary/aromatic N) is 2. The fourth-order valence-electron chi connectivity index (χ4n) is 2.36. The third-order valence-corrected chi connectivity index (χ3v) is 3.40. The molecule has 1 atom stereocenters. The molecule has 1 unspecified atom stereocenters. The lowest BCUT2D eigenvalue weighted by Crippen LogP contribution is -2.45. The molecule has 1 saturated heterocycles. The molecule has 0 saturated carbocycles. The van der Waals surface area contributed by atoms with E-state index in [0.29, 0.717) is 17.8 Å². The van der Waals surface area contributed by atoms with Crippen molar-refractivity contribution in [3.63, 3.8) is 0 Å². The number of amides is 2. The molecule has 20 heavy (non-hydrogen) atoms. The maximum absolute atomic E-state index is 12.4. The molecule has 1 aliphatic heterocycles. The number of likely N-dealkylation sites (N-methyl/N-ethyl adjacent to an activating group) is 1. The van der Waals surface area contributed by atoms with Gasteiger partial charge in [-0.1, -0.05) is 0 Å². The topological polar surface area (TPSA) is 66.6 Å². The lowest BCUT2D eigenvalue weighted by atomic mass is 10.1. The van der Waals surface area contributed by atoms with E-state index in [1.807, 2.05) is 0 Å². The summed E-state index contributed by atoms with van der Waals surface area (Å²) in [5.41, 5.74) is 6.81. The van der Waals surface area contributed by atoms with E-state index in [0.717, 1.165) is 12.8 Å². The van der Waals surface area contributed by atoms with Crippen LogP contribution >= 0.6 is 12.4 Å². The van der Waals surface area contributed by atoms with Crippen LogP contribution in [0.1, 0.15) is 23.2 Å². The third kappa shape index (κ3) is 3.22. The van der Waals surface area contributed by atoms with E-state index in [9.17, 15) is 9.59 Å². The standard InChI is InChI=1S/C14H19N3O2.ClH/c1-16(2)14(19)12-4-3-9-17(12)13(18)10-5-7-11(15)8-6-10;/h5-8,12H,3-4,9,15H2,1-2H3;1H. The second kappa shape index (κ2) is 6.61. The van der Waals surface area contributed by atoms with Gasteiger partial charge in [-0.3, -0.25) is 9.59 Å². The molecule has 5 nitrogen and oxygen atoms in total. The molecule has 0 aromatic heterocycles. The van der Waals surface area contributed by atoms with Crippen LogP contribution in [0.15, 0.2) is 24.3 Å². The number of halogens is 1. The van der Waals surface area contributed by atoms with Gasteiger partial charge in [-0.15, -0.1) is 12.4 Å². The van der Waals surface area contributed by atoms with Crippen LogP contribution in [0.2, 0.25) is 0 Å². The van der Waals surface area contributed by atoms with Crippen molar-refractivity contribution in [2.24, 2.45) is 0 Å². The highest BCUT2D eigenvalue weighted by Crippen LogP contribution is 2.21. The van der Waals surface area contributed by atoms with Crippen LogP contribution in [-0.4, -0.2) is 48.3 Å². The van der Waals surface area contributed by atoms with Crippen molar-refractivity contribution in [2.75, 3.05) is 26.4 Å². The van der Waals surface area contributed by atoms with Crippen molar-refractivity contribution < 1.29 is 9.59 Å². The minimum atomic E-state index is -0.333. The highest BCUT2D eigenvalue weighted by atomic mass is 35.5. The van der Waals surface area contributed by atoms with Crippen molar-refractivity contribution in [3.8, 4) is 0 Å². The predicted octanol–water partition coefficient (Wildman–Crippen LogP) is 1.38. The van der Waals surface area contributed by atoms with Crippen LogP contribution in [0.3, 0.4) is 0 Å². The number of benzene rings is 1. The number of anilines is 1. The molecule has 0 bridgehead atoms. The average molecular weight is 298 g/mol. The van der Waals surface area contributed by atoms with Crippen molar-refractivity contribution in [1.29, 1.82) is 0 Å². The number of carbonyl (C=O) groups excluding carboxylic acids is 2. The Labute approximate surface area is 125 Å². The van der Waals surface area contributed by atoms with Crippen molar-refractivity contribution in [2.45, 2.75) is 18.9 Å². The lowest BCUT2D eigenvalue weighted by Gasteiger charge is -2.26. The summed E-state index contributed by atoms with van der Waals surface area (Å²) in [6.45, 7) is 0.632. The zero-order chi connectivity index (χ0) is 14.0. The Morgan fingerprint density at radius 3 is 2.40 bits per heavy atom. The second-order valence-electron chi connectivity index (χ2n) is 5.01. The van der Waals surface area contributed by atoms with Crippen LogP contribution < -0.4 is 5.73 Å². The van der Waals surface area contributed by atoms with E-state index in [1.165, 1.54) is 0 Å². The first-order valence-electron chi connectivity index (χ1n) is 6.38. The molecule has 6 heteroatoms. The van der Waals surface area contributed by atoms with E-state index in [2.05, 4.69) is 0 Å². The molecule has 1 aromatic rings. The molecular formula is C14H20ClN3O2. The highest BCUT2D eigenvalue weighted by molar-refractivity contribution is 5.98. The predicted molar refractivity (Wildman–Crippen MR) is 80.9 cm³/mol. The Morgan fingerprint density at radius 1 is 1.25 bits per heavy atom. The fourth-order valence-corrected chi connectivity index (χ4v) is 2.36. The van der Waals surface area contributed by atoms with Crippen LogP contribution in [0.5, 0.6) is 0 Å². The first kappa shape index (κ1) is 16.3. The van der Waals surface area contributed by atoms with Crippen molar-refractivity contribution in [1.82, 2.24) is 9.80 Å². The molecule has 2 amide bonds. The Kier molecular flexibility index (Phi) is 5.39. The minimum Gasteiger partial charge on any atom is -0.399 e. The van der Waals surface area contributed by atoms with Gasteiger partial charge in [0.1, 0.15) is 6.04 Å². The molecule has 1 fully saturated rings. The largest absolute Gasteiger partial charge is 0.399 e. The molecule has 0 aliphatic carbocycles. The normalized spacial score (nSPS) is 17.5. The van der Waals surface area contributed by atoms with E-state index in [1.54, 1.807) is 48.2 Å². The number of hydrogen-bond donors (Lipinski definition) is 1. The van der Waals surface area contributed by atoms with Gasteiger partial charge in [0.2, 0.25) is 5.91 Å². The van der Waals surface area contributed by atoms with Gasteiger partial charge in [-0.25, -0.2) is 0 Å². The van der Waals surface area contributed by atoms with Gasteiger partial charge in [0, 0.05) is 31.9 Å². The number of likely N-dealkylation sites (tertiary alicyclic amines) is 1. The summed E-state index contributed by atoms with van der Waals surface area (Å²) in [7, 11) is 3.43. The van der Waals surface area contributed by atoms with Gasteiger partial charge in [-0.05, 0) is 37.1 Å². The number of nitrogens with two attached hydrogens (primary N) is 1. The summed E-state index contributed by atoms with van der Waals surface area (Å²) in [6.07, 6.45) is 1.60. The molecule has 2 N–H and O–H groups in total. The second-order valence-corrected chi connectivity index (χ2v) is 5.01. The first-order valence-corrected chi connectivity index (χ1v) is 6.38. The van der Waals surface area contributed by atoms with E-state index in [4.69, 9.17) is 5.73 Å². The lowest BCUT2D eigenvalue weighted by molar-refractivity contribution is -0.132. The Bertz CT molecular complexity index is 488. The zero-order valence-electron chi connectivity index (χ0n) is 11.7. The molecule has 0 radical (unpaired) electrons. The summed E-state index contributed by atoms with van der Waals surface area (Å²) >= 11 is 0. The van der Waals surface area contributed by atoms with E-state index in [-0.39, 0.29) is 30.3 Å². The maximum atomic E-state index is 12.4. The number of nitrogen functional groups attached to an aromatic ring is 1. The Morgan fingerprint density at radius 2 is 1.85 bits per heavy atom. The molecule has 2 rings (SSSR count). The van der Waals surface area contributed by atoms with Gasteiger partial charge in [0.05, 0.1) is 0 Å². The van der Waals surface area contributed by atoms with Crippen molar-refractivity contribution in [3.05, 3.63) is 29.8 Å². The van der Waals surface area contributed by atoms with Gasteiger partial charge in [0.25, 0.3) is 5.91 Å². The maximum Gasteiger partial charge on any atom is 0.254 e. The van der Waals surface area contributed by atoms with Gasteiger partial charge in [0.15, 0.2) is 0 Å². The van der Waals surface area contributed by atoms with Crippen LogP contribution in [0.25, 0.3) is 0 Å². The quantitative estimate of drug-likeness (QED) is 0.839. The molecule has 1 heterocycles. The first-order chi connectivity index (χ1) is 9.00. The Balaban J connectivity index is 0.00000200. The summed E-state index contributed by atoms with van der Waals surface area (Å²) in [5, 5.41) is 0. The van der Waals surface area contributed by atoms with Crippen LogP contribution in [-0.2, 0) is 4.79 Å². The zero-order valence-corrected chi connectivity index (χ0v) is 12.5. The monoisotopic (exact) mass is 297 g/mol. The summed E-state index contributed by atoms with van der Waals surface area (Å²) in [4.78, 5) is 27.7. The highest BCUT2D eigenvalue weighted by Gasteiger charge is 2.35. The van der Waals surface area contributed by atoms with Gasteiger partial charge >= 0.3 is 0 Å². The minimum absolute atomic E-state index is 0. The smallest absolute Gasteiger partial charge is 0.254 e. The van der Waals surface area contributed by atoms with Crippen LogP contribution in [0, 0.1) is 0 Å².